The molecule has 1 N–H and O–H groups in total. The van der Waals surface area contributed by atoms with Crippen molar-refractivity contribution in [3.8, 4) is 0 Å². The van der Waals surface area contributed by atoms with E-state index in [9.17, 15) is 14.7 Å². The molecule has 1 aromatic rings. The molecule has 1 aromatic heterocycles. The largest absolute Gasteiger partial charge is 0.508 e. The maximum atomic E-state index is 13.3. The Hall–Kier alpha value is -2.52. The van der Waals surface area contributed by atoms with Gasteiger partial charge in [0, 0.05) is 5.41 Å². The molecule has 0 spiro atoms. The molecule has 156 valence electrons. The Morgan fingerprint density at radius 2 is 2.07 bits per heavy atom. The molecule has 2 aliphatic heterocycles. The number of nitrogens with zero attached hydrogens (tertiary/aromatic N) is 4. The third-order valence-electron chi connectivity index (χ3n) is 4.75. The van der Waals surface area contributed by atoms with Crippen molar-refractivity contribution in [2.24, 2.45) is 10.4 Å². The molecule has 2 atom stereocenters. The van der Waals surface area contributed by atoms with Gasteiger partial charge in [-0.25, -0.2) is 19.8 Å². The van der Waals surface area contributed by atoms with Gasteiger partial charge in [0.05, 0.1) is 36.3 Å². The van der Waals surface area contributed by atoms with E-state index < -0.39 is 34.8 Å². The molecule has 1 fully saturated rings. The number of halogens is 1. The lowest BCUT2D eigenvalue weighted by atomic mass is 9.91. The average molecular weight is 423 g/mol. The summed E-state index contributed by atoms with van der Waals surface area (Å²) in [5.74, 6) is -1.69. The van der Waals surface area contributed by atoms with E-state index in [1.165, 1.54) is 24.2 Å². The minimum absolute atomic E-state index is 0.0702. The fraction of sp³-hybridized carbons (Fsp3) is 0.526. The van der Waals surface area contributed by atoms with E-state index in [1.54, 1.807) is 6.92 Å². The van der Waals surface area contributed by atoms with Gasteiger partial charge in [0.25, 0.3) is 5.91 Å². The number of carbonyl (C=O) groups excluding carboxylic acids is 2. The number of aliphatic hydroxyl groups is 1. The first-order chi connectivity index (χ1) is 13.5. The maximum absolute atomic E-state index is 13.3. The van der Waals surface area contributed by atoms with Crippen LogP contribution in [0.15, 0.2) is 28.7 Å². The molecule has 0 saturated carbocycles. The van der Waals surface area contributed by atoms with Crippen molar-refractivity contribution in [1.29, 1.82) is 0 Å². The standard InChI is InChI=1S/C19H23ClN4O5/c1-6-28-16(27)19-9-29-15(18(3,4)5)24(19)14(26)12(13(19)25)10(2)23-17-21-7-11(20)8-22-17/h7-8,15,25H,6,9H2,1-5H3/t15-,19-/m1/s1. The summed E-state index contributed by atoms with van der Waals surface area (Å²) in [7, 11) is 0. The zero-order chi connectivity index (χ0) is 21.6. The summed E-state index contributed by atoms with van der Waals surface area (Å²) < 4.78 is 11.0. The van der Waals surface area contributed by atoms with E-state index in [4.69, 9.17) is 21.1 Å². The summed E-state index contributed by atoms with van der Waals surface area (Å²) in [6, 6.07) is 0. The number of hydrogen-bond acceptors (Lipinski definition) is 8. The van der Waals surface area contributed by atoms with Crippen LogP contribution in [0.3, 0.4) is 0 Å². The van der Waals surface area contributed by atoms with Gasteiger partial charge in [0.1, 0.15) is 17.6 Å². The number of amides is 1. The van der Waals surface area contributed by atoms with Crippen molar-refractivity contribution in [3.05, 3.63) is 28.7 Å². The number of rotatable bonds is 4. The first-order valence-corrected chi connectivity index (χ1v) is 9.51. The number of ether oxygens (including phenoxy) is 2. The first kappa shape index (κ1) is 21.2. The Bertz CT molecular complexity index is 906. The number of fused-ring (bicyclic) bond motifs is 1. The van der Waals surface area contributed by atoms with E-state index in [-0.39, 0.29) is 30.4 Å². The van der Waals surface area contributed by atoms with Crippen molar-refractivity contribution in [2.75, 3.05) is 13.2 Å². The average Bonchev–Trinajstić information content (AvgIpc) is 3.14. The van der Waals surface area contributed by atoms with E-state index in [1.807, 2.05) is 20.8 Å². The van der Waals surface area contributed by atoms with Crippen molar-refractivity contribution in [2.45, 2.75) is 46.4 Å². The highest BCUT2D eigenvalue weighted by molar-refractivity contribution is 6.30. The number of aliphatic hydroxyl groups excluding tert-OH is 1. The third kappa shape index (κ3) is 3.38. The van der Waals surface area contributed by atoms with Gasteiger partial charge in [0.2, 0.25) is 11.5 Å². The molecule has 29 heavy (non-hydrogen) atoms. The summed E-state index contributed by atoms with van der Waals surface area (Å²) >= 11 is 5.78. The van der Waals surface area contributed by atoms with Crippen molar-refractivity contribution < 1.29 is 24.2 Å². The minimum atomic E-state index is -1.74. The van der Waals surface area contributed by atoms with Crippen molar-refractivity contribution >= 4 is 35.1 Å². The SMILES string of the molecule is CCOC(=O)[C@]12CO[C@H](C(C)(C)C)N1C(=O)C(C(C)=Nc1ncc(Cl)cn1)=C2O. The molecule has 1 saturated heterocycles. The summed E-state index contributed by atoms with van der Waals surface area (Å²) in [4.78, 5) is 39.6. The van der Waals surface area contributed by atoms with Crippen LogP contribution in [0, 0.1) is 5.41 Å². The lowest BCUT2D eigenvalue weighted by Gasteiger charge is -2.36. The lowest BCUT2D eigenvalue weighted by Crippen LogP contribution is -2.57. The van der Waals surface area contributed by atoms with Gasteiger partial charge in [-0.2, -0.15) is 0 Å². The second-order valence-corrected chi connectivity index (χ2v) is 8.34. The molecular formula is C19H23ClN4O5. The first-order valence-electron chi connectivity index (χ1n) is 9.13. The van der Waals surface area contributed by atoms with Crippen LogP contribution in [0.5, 0.6) is 0 Å². The zero-order valence-corrected chi connectivity index (χ0v) is 17.6. The van der Waals surface area contributed by atoms with Crippen LogP contribution in [0.2, 0.25) is 5.02 Å². The van der Waals surface area contributed by atoms with E-state index in [0.29, 0.717) is 5.02 Å². The highest BCUT2D eigenvalue weighted by atomic mass is 35.5. The van der Waals surface area contributed by atoms with Crippen LogP contribution < -0.4 is 0 Å². The molecule has 3 rings (SSSR count). The quantitative estimate of drug-likeness (QED) is 0.585. The maximum Gasteiger partial charge on any atom is 0.342 e. The molecule has 0 aliphatic carbocycles. The lowest BCUT2D eigenvalue weighted by molar-refractivity contribution is -0.160. The Morgan fingerprint density at radius 1 is 1.45 bits per heavy atom. The van der Waals surface area contributed by atoms with Gasteiger partial charge in [-0.3, -0.25) is 9.69 Å². The zero-order valence-electron chi connectivity index (χ0n) is 16.9. The topological polar surface area (TPSA) is 114 Å². The van der Waals surface area contributed by atoms with Crippen LogP contribution in [-0.4, -0.2) is 62.5 Å². The van der Waals surface area contributed by atoms with E-state index >= 15 is 0 Å². The van der Waals surface area contributed by atoms with Gasteiger partial charge in [-0.1, -0.05) is 32.4 Å². The van der Waals surface area contributed by atoms with Gasteiger partial charge in [-0.05, 0) is 13.8 Å². The second-order valence-electron chi connectivity index (χ2n) is 7.91. The van der Waals surface area contributed by atoms with E-state index in [2.05, 4.69) is 15.0 Å². The number of aromatic nitrogens is 2. The Balaban J connectivity index is 2.11. The normalized spacial score (nSPS) is 24.9. The molecule has 9 nitrogen and oxygen atoms in total. The van der Waals surface area contributed by atoms with Crippen LogP contribution >= 0.6 is 11.6 Å². The molecule has 0 unspecified atom stereocenters. The Labute approximate surface area is 173 Å². The molecule has 3 heterocycles. The van der Waals surface area contributed by atoms with Crippen molar-refractivity contribution in [1.82, 2.24) is 14.9 Å². The predicted octanol–water partition coefficient (Wildman–Crippen LogP) is 2.58. The molecule has 0 bridgehead atoms. The second kappa shape index (κ2) is 7.38. The van der Waals surface area contributed by atoms with Crippen LogP contribution in [-0.2, 0) is 19.1 Å². The number of aliphatic imine (C=N–C) groups is 1. The number of hydrogen-bond donors (Lipinski definition) is 1. The van der Waals surface area contributed by atoms with Gasteiger partial charge >= 0.3 is 5.97 Å². The summed E-state index contributed by atoms with van der Waals surface area (Å²) in [6.45, 7) is 8.71. The van der Waals surface area contributed by atoms with Crippen LogP contribution in [0.4, 0.5) is 5.95 Å². The van der Waals surface area contributed by atoms with Crippen molar-refractivity contribution in [3.63, 3.8) is 0 Å². The molecule has 10 heteroatoms. The van der Waals surface area contributed by atoms with E-state index in [0.717, 1.165) is 0 Å². The molecule has 1 amide bonds. The number of carbonyl (C=O) groups is 2. The molecular weight excluding hydrogens is 400 g/mol. The van der Waals surface area contributed by atoms with Gasteiger partial charge in [0.15, 0.2) is 0 Å². The summed E-state index contributed by atoms with van der Waals surface area (Å²) in [6.07, 6.45) is 2.00. The molecule has 0 radical (unpaired) electrons. The highest BCUT2D eigenvalue weighted by Gasteiger charge is 2.67. The van der Waals surface area contributed by atoms with Crippen LogP contribution in [0.1, 0.15) is 34.6 Å². The summed E-state index contributed by atoms with van der Waals surface area (Å²) in [5.41, 5.74) is -2.17. The summed E-state index contributed by atoms with van der Waals surface area (Å²) in [5, 5.41) is 11.4. The molecule has 0 aromatic carbocycles. The van der Waals surface area contributed by atoms with Gasteiger partial charge < -0.3 is 14.6 Å². The third-order valence-corrected chi connectivity index (χ3v) is 4.94. The highest BCUT2D eigenvalue weighted by Crippen LogP contribution is 2.46. The van der Waals surface area contributed by atoms with Crippen LogP contribution in [0.25, 0.3) is 0 Å². The minimum Gasteiger partial charge on any atom is -0.508 e. The monoisotopic (exact) mass is 422 g/mol. The van der Waals surface area contributed by atoms with Gasteiger partial charge in [-0.15, -0.1) is 0 Å². The molecule has 2 aliphatic rings. The fourth-order valence-electron chi connectivity index (χ4n) is 3.47. The Kier molecular flexibility index (Phi) is 5.40. The number of esters is 1. The Morgan fingerprint density at radius 3 is 2.62 bits per heavy atom. The fourth-order valence-corrected chi connectivity index (χ4v) is 3.57. The predicted molar refractivity (Wildman–Crippen MR) is 105 cm³/mol. The smallest absolute Gasteiger partial charge is 0.342 e.